The highest BCUT2D eigenvalue weighted by Crippen LogP contribution is 2.30. The number of thiophene rings is 2. The first kappa shape index (κ1) is 24.7. The van der Waals surface area contributed by atoms with E-state index in [0.717, 1.165) is 21.4 Å². The van der Waals surface area contributed by atoms with E-state index in [2.05, 4.69) is 77.2 Å². The molecule has 0 aromatic carbocycles. The van der Waals surface area contributed by atoms with Gasteiger partial charge in [-0.3, -0.25) is 9.78 Å². The SMILES string of the molecule is C.C.CC(C)c1ccc(-c2ncn(C)n2)s1.CC(C)c1ccc(-c2ncn[nH]2)s1. The van der Waals surface area contributed by atoms with E-state index in [1.54, 1.807) is 33.7 Å². The first-order valence-electron chi connectivity index (χ1n) is 8.85. The fraction of sp³-hybridized carbons (Fsp3) is 0.429. The van der Waals surface area contributed by atoms with E-state index >= 15 is 0 Å². The molecule has 1 N–H and O–H groups in total. The molecular formula is C21H32N6S2. The summed E-state index contributed by atoms with van der Waals surface area (Å²) in [7, 11) is 1.88. The zero-order valence-corrected chi connectivity index (χ0v) is 17.8. The van der Waals surface area contributed by atoms with Gasteiger partial charge >= 0.3 is 0 Å². The quantitative estimate of drug-likeness (QED) is 0.394. The second-order valence-corrected chi connectivity index (χ2v) is 9.02. The molecule has 4 aromatic heterocycles. The molecule has 0 fully saturated rings. The predicted molar refractivity (Wildman–Crippen MR) is 126 cm³/mol. The molecule has 0 bridgehead atoms. The van der Waals surface area contributed by atoms with Gasteiger partial charge < -0.3 is 0 Å². The molecule has 0 unspecified atom stereocenters. The van der Waals surface area contributed by atoms with Gasteiger partial charge in [0.05, 0.1) is 9.75 Å². The van der Waals surface area contributed by atoms with Crippen molar-refractivity contribution in [1.29, 1.82) is 0 Å². The van der Waals surface area contributed by atoms with Crippen molar-refractivity contribution in [2.75, 3.05) is 0 Å². The highest BCUT2D eigenvalue weighted by molar-refractivity contribution is 7.15. The van der Waals surface area contributed by atoms with Gasteiger partial charge in [-0.1, -0.05) is 42.5 Å². The summed E-state index contributed by atoms with van der Waals surface area (Å²) in [5.74, 6) is 2.85. The lowest BCUT2D eigenvalue weighted by Gasteiger charge is -1.96. The van der Waals surface area contributed by atoms with Crippen molar-refractivity contribution in [1.82, 2.24) is 29.9 Å². The standard InChI is InChI=1S/C10H13N3S.C9H11N3S.2CH4/c1-7(2)8-4-5-9(14-8)10-11-6-13(3)12-10;1-6(2)7-3-4-8(13-7)9-10-5-11-12-9;;/h4-7H,1-3H3;3-6H,1-2H3,(H,10,11,12);2*1H4. The summed E-state index contributed by atoms with van der Waals surface area (Å²) in [5, 5.41) is 10.9. The molecule has 0 amide bonds. The molecule has 0 radical (unpaired) electrons. The van der Waals surface area contributed by atoms with Crippen molar-refractivity contribution in [3.63, 3.8) is 0 Å². The molecule has 0 aliphatic heterocycles. The highest BCUT2D eigenvalue weighted by atomic mass is 32.1. The Hall–Kier alpha value is -2.32. The van der Waals surface area contributed by atoms with Crippen molar-refractivity contribution in [3.8, 4) is 21.4 Å². The Balaban J connectivity index is 0.000000272. The molecule has 0 saturated heterocycles. The number of hydrogen-bond donors (Lipinski definition) is 1. The van der Waals surface area contributed by atoms with Gasteiger partial charge in [-0.25, -0.2) is 9.97 Å². The number of nitrogens with zero attached hydrogens (tertiary/aromatic N) is 5. The first-order chi connectivity index (χ1) is 12.9. The Bertz CT molecular complexity index is 963. The topological polar surface area (TPSA) is 72.3 Å². The van der Waals surface area contributed by atoms with Crippen LogP contribution in [0.4, 0.5) is 0 Å². The molecule has 0 aliphatic rings. The number of nitrogens with one attached hydrogen (secondary N) is 1. The summed E-state index contributed by atoms with van der Waals surface area (Å²) in [4.78, 5) is 13.4. The van der Waals surface area contributed by atoms with E-state index in [-0.39, 0.29) is 14.9 Å². The molecule has 0 aliphatic carbocycles. The molecule has 158 valence electrons. The van der Waals surface area contributed by atoms with Gasteiger partial charge in [-0.2, -0.15) is 10.2 Å². The normalized spacial score (nSPS) is 10.3. The minimum Gasteiger partial charge on any atom is -0.259 e. The fourth-order valence-electron chi connectivity index (χ4n) is 2.35. The average molecular weight is 433 g/mol. The molecule has 0 atom stereocenters. The molecule has 4 heterocycles. The van der Waals surface area contributed by atoms with E-state index in [0.29, 0.717) is 11.8 Å². The van der Waals surface area contributed by atoms with Crippen LogP contribution in [0.3, 0.4) is 0 Å². The average Bonchev–Trinajstić information content (AvgIpc) is 3.39. The Morgan fingerprint density at radius 2 is 1.45 bits per heavy atom. The lowest BCUT2D eigenvalue weighted by molar-refractivity contribution is 0.768. The summed E-state index contributed by atoms with van der Waals surface area (Å²) in [5.41, 5.74) is 0. The molecular weight excluding hydrogens is 400 g/mol. The number of hydrogen-bond acceptors (Lipinski definition) is 6. The van der Waals surface area contributed by atoms with Crippen molar-refractivity contribution in [2.45, 2.75) is 54.4 Å². The summed E-state index contributed by atoms with van der Waals surface area (Å²) in [6.45, 7) is 8.77. The van der Waals surface area contributed by atoms with Gasteiger partial charge in [0.1, 0.15) is 12.7 Å². The van der Waals surface area contributed by atoms with Crippen LogP contribution in [0.2, 0.25) is 0 Å². The Morgan fingerprint density at radius 3 is 1.90 bits per heavy atom. The summed E-state index contributed by atoms with van der Waals surface area (Å²) in [6.07, 6.45) is 3.26. The smallest absolute Gasteiger partial charge is 0.191 e. The molecule has 0 saturated carbocycles. The van der Waals surface area contributed by atoms with Crippen LogP contribution >= 0.6 is 22.7 Å². The largest absolute Gasteiger partial charge is 0.259 e. The first-order valence-corrected chi connectivity index (χ1v) is 10.5. The minimum atomic E-state index is 0. The van der Waals surface area contributed by atoms with Gasteiger partial charge in [0.25, 0.3) is 0 Å². The maximum absolute atomic E-state index is 4.27. The van der Waals surface area contributed by atoms with Crippen LogP contribution in [0.1, 0.15) is 64.1 Å². The Labute approximate surface area is 182 Å². The molecule has 4 aromatic rings. The monoisotopic (exact) mass is 432 g/mol. The van der Waals surface area contributed by atoms with E-state index in [9.17, 15) is 0 Å². The molecule has 4 rings (SSSR count). The molecule has 8 heteroatoms. The molecule has 29 heavy (non-hydrogen) atoms. The van der Waals surface area contributed by atoms with Crippen LogP contribution in [0.15, 0.2) is 36.9 Å². The summed E-state index contributed by atoms with van der Waals surface area (Å²) in [6, 6.07) is 8.48. The van der Waals surface area contributed by atoms with E-state index in [4.69, 9.17) is 0 Å². The maximum atomic E-state index is 4.27. The van der Waals surface area contributed by atoms with Gasteiger partial charge in [0.2, 0.25) is 0 Å². The number of aromatic amines is 1. The maximum Gasteiger partial charge on any atom is 0.191 e. The predicted octanol–water partition coefficient (Wildman–Crippen LogP) is 6.60. The zero-order valence-electron chi connectivity index (χ0n) is 16.2. The second kappa shape index (κ2) is 11.0. The Morgan fingerprint density at radius 1 is 0.862 bits per heavy atom. The van der Waals surface area contributed by atoms with Gasteiger partial charge in [-0.05, 0) is 36.1 Å². The van der Waals surface area contributed by atoms with Gasteiger partial charge in [0, 0.05) is 16.8 Å². The minimum absolute atomic E-state index is 0. The number of H-pyrrole nitrogens is 1. The van der Waals surface area contributed by atoms with E-state index in [1.165, 1.54) is 16.1 Å². The van der Waals surface area contributed by atoms with E-state index < -0.39 is 0 Å². The zero-order chi connectivity index (χ0) is 19.4. The fourth-order valence-corrected chi connectivity index (χ4v) is 4.25. The van der Waals surface area contributed by atoms with Crippen LogP contribution in [0.25, 0.3) is 21.4 Å². The summed E-state index contributed by atoms with van der Waals surface area (Å²) >= 11 is 3.53. The number of aromatic nitrogens is 6. The summed E-state index contributed by atoms with van der Waals surface area (Å²) < 4.78 is 1.73. The molecule has 6 nitrogen and oxygen atoms in total. The van der Waals surface area contributed by atoms with E-state index in [1.807, 2.05) is 7.05 Å². The Kier molecular flexibility index (Phi) is 9.39. The second-order valence-electron chi connectivity index (χ2n) is 6.79. The van der Waals surface area contributed by atoms with Crippen molar-refractivity contribution in [3.05, 3.63) is 46.7 Å². The van der Waals surface area contributed by atoms with Crippen LogP contribution in [-0.2, 0) is 7.05 Å². The van der Waals surface area contributed by atoms with Crippen molar-refractivity contribution < 1.29 is 0 Å². The van der Waals surface area contributed by atoms with Crippen LogP contribution in [-0.4, -0.2) is 29.9 Å². The highest BCUT2D eigenvalue weighted by Gasteiger charge is 2.09. The third-order valence-electron chi connectivity index (χ3n) is 3.86. The number of aryl methyl sites for hydroxylation is 1. The van der Waals surface area contributed by atoms with Crippen LogP contribution in [0.5, 0.6) is 0 Å². The lowest BCUT2D eigenvalue weighted by Crippen LogP contribution is -1.86. The lowest BCUT2D eigenvalue weighted by atomic mass is 10.2. The van der Waals surface area contributed by atoms with Gasteiger partial charge in [0.15, 0.2) is 11.6 Å². The van der Waals surface area contributed by atoms with Crippen molar-refractivity contribution in [2.24, 2.45) is 7.05 Å². The third kappa shape index (κ3) is 6.33. The molecule has 0 spiro atoms. The van der Waals surface area contributed by atoms with Gasteiger partial charge in [-0.15, -0.1) is 22.7 Å². The van der Waals surface area contributed by atoms with Crippen molar-refractivity contribution >= 4 is 22.7 Å². The van der Waals surface area contributed by atoms with Crippen LogP contribution in [0, 0.1) is 0 Å². The third-order valence-corrected chi connectivity index (χ3v) is 6.63. The van der Waals surface area contributed by atoms with Crippen LogP contribution < -0.4 is 0 Å². The number of rotatable bonds is 4.